The first kappa shape index (κ1) is 20.6. The number of amides is 1. The van der Waals surface area contributed by atoms with Gasteiger partial charge in [0.15, 0.2) is 11.6 Å². The van der Waals surface area contributed by atoms with Crippen molar-refractivity contribution in [3.05, 3.63) is 86.0 Å². The highest BCUT2D eigenvalue weighted by atomic mass is 35.5. The number of benzene rings is 2. The summed E-state index contributed by atoms with van der Waals surface area (Å²) in [5, 5.41) is 3.06. The second-order valence-corrected chi connectivity index (χ2v) is 7.94. The van der Waals surface area contributed by atoms with E-state index < -0.39 is 23.4 Å². The van der Waals surface area contributed by atoms with Crippen LogP contribution in [0.4, 0.5) is 30.2 Å². The minimum atomic E-state index is -1.16. The number of halogens is 4. The molecule has 3 aromatic rings. The zero-order valence-corrected chi connectivity index (χ0v) is 17.3. The van der Waals surface area contributed by atoms with Gasteiger partial charge >= 0.3 is 0 Å². The first-order valence-corrected chi connectivity index (χ1v) is 10.2. The number of nitrogens with zero attached hydrogens (tertiary/aromatic N) is 2. The molecule has 0 radical (unpaired) electrons. The van der Waals surface area contributed by atoms with Crippen molar-refractivity contribution >= 4 is 34.6 Å². The van der Waals surface area contributed by atoms with Crippen LogP contribution in [-0.2, 0) is 13.0 Å². The van der Waals surface area contributed by atoms with Gasteiger partial charge < -0.3 is 15.2 Å². The largest absolute Gasteiger partial charge is 0.324 e. The molecule has 2 aromatic carbocycles. The van der Waals surface area contributed by atoms with Crippen LogP contribution in [-0.4, -0.2) is 24.1 Å². The van der Waals surface area contributed by atoms with Gasteiger partial charge in [0.25, 0.3) is 5.91 Å². The summed E-state index contributed by atoms with van der Waals surface area (Å²) in [7, 11) is 0. The van der Waals surface area contributed by atoms with Crippen molar-refractivity contribution in [3.63, 3.8) is 0 Å². The SMILES string of the molecule is O=C1c2cc(F)c(F)cc2N2CN1c1ccc(=O)[nH]c1CCNCc1c2ccc(F)c1Cl. The number of fused-ring (bicyclic) bond motifs is 8. The van der Waals surface area contributed by atoms with Crippen LogP contribution in [0.1, 0.15) is 21.6 Å². The van der Waals surface area contributed by atoms with E-state index in [1.165, 1.54) is 29.2 Å². The Morgan fingerprint density at radius 2 is 1.62 bits per heavy atom. The molecule has 164 valence electrons. The number of rotatable bonds is 0. The fourth-order valence-electron chi connectivity index (χ4n) is 4.13. The number of carbonyl (C=O) groups excluding carboxylic acids is 1. The Hall–Kier alpha value is -3.30. The minimum Gasteiger partial charge on any atom is -0.324 e. The smallest absolute Gasteiger partial charge is 0.262 e. The summed E-state index contributed by atoms with van der Waals surface area (Å²) in [6.07, 6.45) is 0.363. The highest BCUT2D eigenvalue weighted by molar-refractivity contribution is 6.32. The van der Waals surface area contributed by atoms with E-state index in [1.807, 2.05) is 0 Å². The molecule has 10 heteroatoms. The molecule has 32 heavy (non-hydrogen) atoms. The van der Waals surface area contributed by atoms with Gasteiger partial charge in [-0.15, -0.1) is 0 Å². The summed E-state index contributed by atoms with van der Waals surface area (Å²) in [6.45, 7) is 0.504. The van der Waals surface area contributed by atoms with Crippen molar-refractivity contribution in [3.8, 4) is 0 Å². The molecular weight excluding hydrogens is 445 g/mol. The molecule has 2 bridgehead atoms. The van der Waals surface area contributed by atoms with Crippen LogP contribution >= 0.6 is 11.6 Å². The average molecular weight is 461 g/mol. The Morgan fingerprint density at radius 3 is 2.44 bits per heavy atom. The lowest BCUT2D eigenvalue weighted by Gasteiger charge is -2.39. The second-order valence-electron chi connectivity index (χ2n) is 7.56. The topological polar surface area (TPSA) is 68.4 Å². The van der Waals surface area contributed by atoms with Crippen LogP contribution in [0.15, 0.2) is 41.2 Å². The Bertz CT molecular complexity index is 1330. The number of anilines is 3. The van der Waals surface area contributed by atoms with Gasteiger partial charge in [0, 0.05) is 48.6 Å². The molecule has 5 rings (SSSR count). The highest BCUT2D eigenvalue weighted by Gasteiger charge is 2.35. The molecule has 1 amide bonds. The maximum Gasteiger partial charge on any atom is 0.262 e. The third-order valence-electron chi connectivity index (χ3n) is 5.67. The minimum absolute atomic E-state index is 0.0640. The van der Waals surface area contributed by atoms with Crippen molar-refractivity contribution < 1.29 is 18.0 Å². The monoisotopic (exact) mass is 460 g/mol. The van der Waals surface area contributed by atoms with E-state index in [2.05, 4.69) is 10.3 Å². The molecule has 2 aliphatic heterocycles. The van der Waals surface area contributed by atoms with Gasteiger partial charge in [0.2, 0.25) is 5.56 Å². The zero-order valence-electron chi connectivity index (χ0n) is 16.5. The van der Waals surface area contributed by atoms with Crippen LogP contribution in [0, 0.1) is 17.5 Å². The lowest BCUT2D eigenvalue weighted by molar-refractivity contribution is 0.0982. The van der Waals surface area contributed by atoms with Gasteiger partial charge in [-0.2, -0.15) is 0 Å². The van der Waals surface area contributed by atoms with Crippen molar-refractivity contribution in [1.29, 1.82) is 0 Å². The van der Waals surface area contributed by atoms with Crippen LogP contribution in [0.25, 0.3) is 0 Å². The molecule has 1 aromatic heterocycles. The predicted molar refractivity (Wildman–Crippen MR) is 114 cm³/mol. The first-order valence-electron chi connectivity index (χ1n) is 9.83. The molecular formula is C22H16ClF3N4O2. The average Bonchev–Trinajstić information content (AvgIpc) is 2.79. The molecule has 2 N–H and O–H groups in total. The molecule has 6 nitrogen and oxygen atoms in total. The maximum absolute atomic E-state index is 14.3. The Balaban J connectivity index is 1.80. The van der Waals surface area contributed by atoms with E-state index in [9.17, 15) is 22.8 Å². The van der Waals surface area contributed by atoms with Crippen LogP contribution in [0.2, 0.25) is 5.02 Å². The van der Waals surface area contributed by atoms with E-state index in [0.717, 1.165) is 12.1 Å². The van der Waals surface area contributed by atoms with E-state index >= 15 is 0 Å². The zero-order chi connectivity index (χ0) is 22.6. The van der Waals surface area contributed by atoms with Crippen LogP contribution in [0.5, 0.6) is 0 Å². The molecule has 2 aliphatic rings. The third kappa shape index (κ3) is 3.25. The molecule has 0 saturated carbocycles. The predicted octanol–water partition coefficient (Wildman–Crippen LogP) is 3.85. The molecule has 0 aliphatic carbocycles. The number of pyridine rings is 1. The summed E-state index contributed by atoms with van der Waals surface area (Å²) in [4.78, 5) is 31.0. The van der Waals surface area contributed by atoms with Crippen molar-refractivity contribution in [2.45, 2.75) is 13.0 Å². The molecule has 0 unspecified atom stereocenters. The molecule has 0 fully saturated rings. The van der Waals surface area contributed by atoms with Crippen molar-refractivity contribution in [1.82, 2.24) is 10.3 Å². The number of hydrogen-bond acceptors (Lipinski definition) is 4. The first-order chi connectivity index (χ1) is 15.3. The summed E-state index contributed by atoms with van der Waals surface area (Å²) >= 11 is 6.27. The number of hydrogen-bond donors (Lipinski definition) is 2. The number of carbonyl (C=O) groups is 1. The second kappa shape index (κ2) is 7.68. The van der Waals surface area contributed by atoms with Crippen LogP contribution < -0.4 is 20.7 Å². The molecule has 0 atom stereocenters. The summed E-state index contributed by atoms with van der Waals surface area (Å²) in [6, 6.07) is 7.29. The van der Waals surface area contributed by atoms with E-state index in [4.69, 9.17) is 11.6 Å². The molecule has 3 heterocycles. The number of aromatic amines is 1. The Kier molecular flexibility index (Phi) is 4.94. The van der Waals surface area contributed by atoms with Crippen molar-refractivity contribution in [2.24, 2.45) is 0 Å². The van der Waals surface area contributed by atoms with Crippen LogP contribution in [0.3, 0.4) is 0 Å². The standard InChI is InChI=1S/C22H16ClF3N4O2/c23-21-12-9-27-6-5-16-18(3-4-20(31)28-16)30-10-29(17(12)2-1-13(21)24)19-8-15(26)14(25)7-11(19)22(30)32/h1-4,7-8,27H,5-6,9-10H2,(H,28,31). The van der Waals surface area contributed by atoms with Crippen molar-refractivity contribution in [2.75, 3.05) is 23.0 Å². The fourth-order valence-corrected chi connectivity index (χ4v) is 4.36. The fraction of sp³-hybridized carbons (Fsp3) is 0.182. The Labute approximate surface area is 185 Å². The van der Waals surface area contributed by atoms with E-state index in [1.54, 1.807) is 4.90 Å². The number of H-pyrrole nitrogens is 1. The quantitative estimate of drug-likeness (QED) is 0.535. The summed E-state index contributed by atoms with van der Waals surface area (Å²) in [5.41, 5.74) is 1.55. The number of nitrogens with one attached hydrogen (secondary N) is 2. The van der Waals surface area contributed by atoms with Gasteiger partial charge in [-0.3, -0.25) is 14.5 Å². The highest BCUT2D eigenvalue weighted by Crippen LogP contribution is 2.41. The van der Waals surface area contributed by atoms with Gasteiger partial charge in [0.1, 0.15) is 12.5 Å². The molecule has 0 spiro atoms. The molecule has 0 saturated heterocycles. The summed E-state index contributed by atoms with van der Waals surface area (Å²) in [5.74, 6) is -3.45. The van der Waals surface area contributed by atoms with Gasteiger partial charge in [-0.1, -0.05) is 11.6 Å². The van der Waals surface area contributed by atoms with Gasteiger partial charge in [-0.25, -0.2) is 13.2 Å². The third-order valence-corrected chi connectivity index (χ3v) is 6.08. The summed E-state index contributed by atoms with van der Waals surface area (Å²) < 4.78 is 42.6. The van der Waals surface area contributed by atoms with E-state index in [0.29, 0.717) is 35.6 Å². The lowest BCUT2D eigenvalue weighted by atomic mass is 10.0. The maximum atomic E-state index is 14.3. The van der Waals surface area contributed by atoms with Gasteiger partial charge in [0.05, 0.1) is 22.0 Å². The van der Waals surface area contributed by atoms with Gasteiger partial charge in [-0.05, 0) is 24.3 Å². The number of aromatic nitrogens is 1. The Morgan fingerprint density at radius 1 is 0.875 bits per heavy atom. The normalized spacial score (nSPS) is 15.6. The van der Waals surface area contributed by atoms with E-state index in [-0.39, 0.29) is 35.0 Å². The lowest BCUT2D eigenvalue weighted by Crippen LogP contribution is -2.46.